The van der Waals surface area contributed by atoms with Gasteiger partial charge in [-0.2, -0.15) is 0 Å². The van der Waals surface area contributed by atoms with Crippen LogP contribution in [-0.2, 0) is 9.31 Å². The van der Waals surface area contributed by atoms with Crippen molar-refractivity contribution < 1.29 is 18.8 Å². The minimum atomic E-state index is -0.508. The van der Waals surface area contributed by atoms with Gasteiger partial charge in [-0.15, -0.1) is 0 Å². The van der Waals surface area contributed by atoms with Crippen LogP contribution in [0.3, 0.4) is 0 Å². The Balaban J connectivity index is 2.27. The van der Waals surface area contributed by atoms with E-state index >= 15 is 0 Å². The highest BCUT2D eigenvalue weighted by atomic mass is 16.7. The van der Waals surface area contributed by atoms with Crippen molar-refractivity contribution in [1.29, 1.82) is 0 Å². The molecule has 2 rings (SSSR count). The zero-order chi connectivity index (χ0) is 15.8. The van der Waals surface area contributed by atoms with Crippen molar-refractivity contribution in [2.45, 2.75) is 44.8 Å². The van der Waals surface area contributed by atoms with Gasteiger partial charge >= 0.3 is 7.12 Å². The summed E-state index contributed by atoms with van der Waals surface area (Å²) in [6.07, 6.45) is 0. The fourth-order valence-electron chi connectivity index (χ4n) is 2.21. The molecular weight excluding hydrogens is 269 g/mol. The van der Waals surface area contributed by atoms with Crippen LogP contribution in [0.5, 0.6) is 11.5 Å². The van der Waals surface area contributed by atoms with Crippen LogP contribution in [-0.4, -0.2) is 32.5 Å². The third-order valence-electron chi connectivity index (χ3n) is 4.32. The maximum absolute atomic E-state index is 6.33. The highest BCUT2D eigenvalue weighted by molar-refractivity contribution is 6.47. The molecule has 0 bridgehead atoms. The SMILES string of the molecule is COc1cc(OC)cc([C@@H](N)B2OC(C)(C)C(C)(C)O2)c1. The molecule has 1 aromatic carbocycles. The number of nitrogens with two attached hydrogens (primary N) is 1. The molecule has 0 aromatic heterocycles. The summed E-state index contributed by atoms with van der Waals surface area (Å²) in [6.45, 7) is 8.02. The van der Waals surface area contributed by atoms with Gasteiger partial charge in [-0.1, -0.05) is 0 Å². The molecule has 1 aromatic rings. The summed E-state index contributed by atoms with van der Waals surface area (Å²) < 4.78 is 22.5. The van der Waals surface area contributed by atoms with Gasteiger partial charge < -0.3 is 24.5 Å². The summed E-state index contributed by atoms with van der Waals surface area (Å²) in [4.78, 5) is 0. The second kappa shape index (κ2) is 5.52. The van der Waals surface area contributed by atoms with Gasteiger partial charge in [-0.05, 0) is 45.4 Å². The second-order valence-corrected chi connectivity index (χ2v) is 6.30. The molecule has 5 nitrogen and oxygen atoms in total. The molecule has 2 N–H and O–H groups in total. The highest BCUT2D eigenvalue weighted by Gasteiger charge is 2.53. The lowest BCUT2D eigenvalue weighted by Crippen LogP contribution is -2.41. The van der Waals surface area contributed by atoms with E-state index in [0.29, 0.717) is 11.5 Å². The van der Waals surface area contributed by atoms with E-state index in [9.17, 15) is 0 Å². The normalized spacial score (nSPS) is 21.2. The van der Waals surface area contributed by atoms with Crippen molar-refractivity contribution in [2.24, 2.45) is 5.73 Å². The first-order chi connectivity index (χ1) is 9.70. The van der Waals surface area contributed by atoms with E-state index in [1.165, 1.54) is 0 Å². The standard InChI is InChI=1S/C15H24BNO4/c1-14(2)15(3,4)21-16(20-14)13(17)10-7-11(18-5)9-12(8-10)19-6/h7-9,13H,17H2,1-6H3/t13-/m1/s1. The molecule has 1 aliphatic heterocycles. The van der Waals surface area contributed by atoms with E-state index in [1.54, 1.807) is 20.3 Å². The number of methoxy groups -OCH3 is 2. The Kier molecular flexibility index (Phi) is 4.24. The Labute approximate surface area is 126 Å². The van der Waals surface area contributed by atoms with Crippen LogP contribution in [0.4, 0.5) is 0 Å². The zero-order valence-corrected chi connectivity index (χ0v) is 13.6. The largest absolute Gasteiger partial charge is 0.497 e. The lowest BCUT2D eigenvalue weighted by molar-refractivity contribution is 0.00578. The van der Waals surface area contributed by atoms with Crippen molar-refractivity contribution in [3.05, 3.63) is 23.8 Å². The molecule has 1 saturated heterocycles. The van der Waals surface area contributed by atoms with Gasteiger partial charge in [0.25, 0.3) is 0 Å². The molecule has 0 radical (unpaired) electrons. The number of benzene rings is 1. The van der Waals surface area contributed by atoms with Crippen molar-refractivity contribution in [1.82, 2.24) is 0 Å². The van der Waals surface area contributed by atoms with E-state index in [2.05, 4.69) is 0 Å². The van der Waals surface area contributed by atoms with Crippen LogP contribution in [0.1, 0.15) is 39.2 Å². The Bertz CT molecular complexity index is 480. The molecule has 0 aliphatic carbocycles. The molecule has 0 spiro atoms. The summed E-state index contributed by atoms with van der Waals surface area (Å²) in [5, 5.41) is 0. The van der Waals surface area contributed by atoms with Crippen molar-refractivity contribution in [2.75, 3.05) is 14.2 Å². The molecule has 6 heteroatoms. The predicted molar refractivity (Wildman–Crippen MR) is 82.6 cm³/mol. The average Bonchev–Trinajstić information content (AvgIpc) is 2.66. The Morgan fingerprint density at radius 3 is 1.76 bits per heavy atom. The fraction of sp³-hybridized carbons (Fsp3) is 0.600. The number of hydrogen-bond donors (Lipinski definition) is 1. The Morgan fingerprint density at radius 2 is 1.38 bits per heavy atom. The zero-order valence-electron chi connectivity index (χ0n) is 13.6. The first-order valence-electron chi connectivity index (χ1n) is 7.04. The first kappa shape index (κ1) is 16.1. The van der Waals surface area contributed by atoms with Gasteiger partial charge in [0.15, 0.2) is 0 Å². The van der Waals surface area contributed by atoms with E-state index in [1.807, 2.05) is 39.8 Å². The maximum atomic E-state index is 6.33. The summed E-state index contributed by atoms with van der Waals surface area (Å²) in [7, 11) is 2.71. The number of rotatable bonds is 4. The molecule has 1 heterocycles. The smallest absolute Gasteiger partial charge is 0.480 e. The van der Waals surface area contributed by atoms with Gasteiger partial charge in [0.2, 0.25) is 0 Å². The van der Waals surface area contributed by atoms with Gasteiger partial charge in [-0.25, -0.2) is 0 Å². The van der Waals surface area contributed by atoms with Crippen LogP contribution < -0.4 is 15.2 Å². The topological polar surface area (TPSA) is 62.9 Å². The minimum Gasteiger partial charge on any atom is -0.497 e. The van der Waals surface area contributed by atoms with Gasteiger partial charge in [0.05, 0.1) is 31.4 Å². The van der Waals surface area contributed by atoms with Gasteiger partial charge in [0, 0.05) is 6.07 Å². The summed E-state index contributed by atoms with van der Waals surface area (Å²) in [6, 6.07) is 5.55. The van der Waals surface area contributed by atoms with Crippen molar-refractivity contribution >= 4 is 7.12 Å². The Morgan fingerprint density at radius 1 is 0.952 bits per heavy atom. The second-order valence-electron chi connectivity index (χ2n) is 6.30. The fourth-order valence-corrected chi connectivity index (χ4v) is 2.21. The molecule has 0 saturated carbocycles. The lowest BCUT2D eigenvalue weighted by atomic mass is 9.75. The number of hydrogen-bond acceptors (Lipinski definition) is 5. The van der Waals surface area contributed by atoms with Crippen molar-refractivity contribution in [3.8, 4) is 11.5 Å². The quantitative estimate of drug-likeness (QED) is 0.863. The van der Waals surface area contributed by atoms with Crippen LogP contribution in [0.15, 0.2) is 18.2 Å². The monoisotopic (exact) mass is 293 g/mol. The van der Waals surface area contributed by atoms with E-state index in [4.69, 9.17) is 24.5 Å². The van der Waals surface area contributed by atoms with Crippen LogP contribution in [0.25, 0.3) is 0 Å². The third-order valence-corrected chi connectivity index (χ3v) is 4.32. The maximum Gasteiger partial charge on any atom is 0.480 e. The predicted octanol–water partition coefficient (Wildman–Crippen LogP) is 2.33. The van der Waals surface area contributed by atoms with E-state index < -0.39 is 24.3 Å². The lowest BCUT2D eigenvalue weighted by Gasteiger charge is -2.32. The molecule has 21 heavy (non-hydrogen) atoms. The molecule has 0 amide bonds. The van der Waals surface area contributed by atoms with Crippen molar-refractivity contribution in [3.63, 3.8) is 0 Å². The van der Waals surface area contributed by atoms with Gasteiger partial charge in [0.1, 0.15) is 11.5 Å². The number of ether oxygens (including phenoxy) is 2. The molecule has 1 atom stereocenters. The van der Waals surface area contributed by atoms with Crippen LogP contribution in [0, 0.1) is 0 Å². The highest BCUT2D eigenvalue weighted by Crippen LogP contribution is 2.40. The van der Waals surface area contributed by atoms with Crippen LogP contribution in [0.2, 0.25) is 0 Å². The third kappa shape index (κ3) is 3.02. The summed E-state index contributed by atoms with van der Waals surface area (Å²) >= 11 is 0. The van der Waals surface area contributed by atoms with Crippen LogP contribution >= 0.6 is 0 Å². The first-order valence-corrected chi connectivity index (χ1v) is 7.04. The molecule has 1 aliphatic rings. The molecule has 1 fully saturated rings. The molecule has 116 valence electrons. The summed E-state index contributed by atoms with van der Waals surface area (Å²) in [5.41, 5.74) is 6.37. The van der Waals surface area contributed by atoms with E-state index in [0.717, 1.165) is 5.56 Å². The molecule has 0 unspecified atom stereocenters. The van der Waals surface area contributed by atoms with E-state index in [-0.39, 0.29) is 0 Å². The minimum absolute atomic E-state index is 0.405. The Hall–Kier alpha value is -1.24. The van der Waals surface area contributed by atoms with Gasteiger partial charge in [-0.3, -0.25) is 0 Å². The average molecular weight is 293 g/mol. The summed E-state index contributed by atoms with van der Waals surface area (Å²) in [5.74, 6) is 0.961. The molecular formula is C15H24BNO4.